The number of carbonyl (C=O) groups is 1. The van der Waals surface area contributed by atoms with Gasteiger partial charge in [-0.15, -0.1) is 6.42 Å². The molecule has 0 fully saturated rings. The Labute approximate surface area is 161 Å². The number of pyridine rings is 2. The fraction of sp³-hybridized carbons (Fsp3) is 0.143. The van der Waals surface area contributed by atoms with Gasteiger partial charge in [0.2, 0.25) is 0 Å². The van der Waals surface area contributed by atoms with Gasteiger partial charge in [0.15, 0.2) is 0 Å². The fourth-order valence-electron chi connectivity index (χ4n) is 2.65. The lowest BCUT2D eigenvalue weighted by Gasteiger charge is -2.04. The van der Waals surface area contributed by atoms with Gasteiger partial charge in [0.1, 0.15) is 17.0 Å². The summed E-state index contributed by atoms with van der Waals surface area (Å²) in [6.45, 7) is 4.21. The highest BCUT2D eigenvalue weighted by atomic mass is 16.2. The van der Waals surface area contributed by atoms with Gasteiger partial charge in [-0.2, -0.15) is 0 Å². The number of carbonyl (C=O) groups excluding carboxylic acids is 1. The minimum absolute atomic E-state index is 0.0691. The van der Waals surface area contributed by atoms with Crippen molar-refractivity contribution in [3.63, 3.8) is 0 Å². The molecule has 0 bridgehead atoms. The molecular weight excluding hydrogens is 354 g/mol. The summed E-state index contributed by atoms with van der Waals surface area (Å²) in [6.07, 6.45) is 10.6. The van der Waals surface area contributed by atoms with Gasteiger partial charge in [-0.25, -0.2) is 9.97 Å². The third-order valence-corrected chi connectivity index (χ3v) is 3.90. The molecule has 1 N–H and O–H groups in total. The van der Waals surface area contributed by atoms with Crippen molar-refractivity contribution in [2.75, 3.05) is 0 Å². The molecule has 0 unspecified atom stereocenters. The van der Waals surface area contributed by atoms with Crippen molar-refractivity contribution in [1.82, 2.24) is 24.1 Å². The van der Waals surface area contributed by atoms with Gasteiger partial charge in [0, 0.05) is 30.2 Å². The molecule has 140 valence electrons. The molecule has 0 aromatic carbocycles. The first-order chi connectivity index (χ1) is 13.6. The van der Waals surface area contributed by atoms with E-state index in [1.165, 1.54) is 10.5 Å². The highest BCUT2D eigenvalue weighted by Gasteiger charge is 2.11. The standard InChI is InChI=1S/C19H13N5O2.C2H6/c1-2-13-6-7-16-21-14(12-23(16)11-13)10-20-19(26)15-9-18(25)24-8-4-3-5-17(24)22-15;1-2/h1,3-9,11-12H,10H2,(H,20,26);1-2H3. The topological polar surface area (TPSA) is 80.8 Å². The monoisotopic (exact) mass is 373 g/mol. The molecule has 4 aromatic rings. The number of nitrogens with one attached hydrogen (secondary N) is 1. The van der Waals surface area contributed by atoms with E-state index in [1.54, 1.807) is 47.3 Å². The van der Waals surface area contributed by atoms with E-state index in [9.17, 15) is 9.59 Å². The number of aromatic nitrogens is 4. The van der Waals surface area contributed by atoms with E-state index in [0.29, 0.717) is 11.3 Å². The molecule has 4 aromatic heterocycles. The normalized spacial score (nSPS) is 10.2. The van der Waals surface area contributed by atoms with Crippen LogP contribution in [0, 0.1) is 12.3 Å². The Bertz CT molecular complexity index is 1250. The molecule has 0 atom stereocenters. The van der Waals surface area contributed by atoms with Gasteiger partial charge in [-0.05, 0) is 24.3 Å². The number of rotatable bonds is 3. The summed E-state index contributed by atoms with van der Waals surface area (Å²) in [5.74, 6) is 2.13. The van der Waals surface area contributed by atoms with Crippen molar-refractivity contribution in [2.24, 2.45) is 0 Å². The molecule has 0 saturated heterocycles. The molecule has 0 saturated carbocycles. The second kappa shape index (κ2) is 8.18. The average Bonchev–Trinajstić information content (AvgIpc) is 3.15. The largest absolute Gasteiger partial charge is 0.345 e. The molecule has 1 amide bonds. The summed E-state index contributed by atoms with van der Waals surface area (Å²) in [5.41, 5.74) is 2.32. The zero-order chi connectivity index (χ0) is 20.1. The first kappa shape index (κ1) is 18.9. The second-order valence-electron chi connectivity index (χ2n) is 5.65. The Balaban J connectivity index is 0.00000109. The molecule has 4 heterocycles. The molecule has 7 nitrogen and oxygen atoms in total. The minimum atomic E-state index is -0.435. The Kier molecular flexibility index (Phi) is 5.51. The quantitative estimate of drug-likeness (QED) is 0.559. The smallest absolute Gasteiger partial charge is 0.270 e. The Morgan fingerprint density at radius 1 is 1.14 bits per heavy atom. The molecule has 0 spiro atoms. The van der Waals surface area contributed by atoms with E-state index in [0.717, 1.165) is 11.2 Å². The van der Waals surface area contributed by atoms with Crippen molar-refractivity contribution in [3.05, 3.63) is 82.3 Å². The van der Waals surface area contributed by atoms with E-state index in [4.69, 9.17) is 6.42 Å². The number of hydrogen-bond acceptors (Lipinski definition) is 4. The number of fused-ring (bicyclic) bond motifs is 2. The third-order valence-electron chi connectivity index (χ3n) is 3.90. The van der Waals surface area contributed by atoms with Gasteiger partial charge in [-0.1, -0.05) is 25.8 Å². The number of imidazole rings is 1. The summed E-state index contributed by atoms with van der Waals surface area (Å²) in [5, 5.41) is 2.73. The number of amides is 1. The molecule has 28 heavy (non-hydrogen) atoms. The molecular formula is C21H19N5O2. The SMILES string of the molecule is C#Cc1ccc2nc(CNC(=O)c3cc(=O)n4ccccc4n3)cn2c1.CC. The highest BCUT2D eigenvalue weighted by molar-refractivity contribution is 5.92. The molecule has 0 aliphatic carbocycles. The van der Waals surface area contributed by atoms with E-state index in [1.807, 2.05) is 19.9 Å². The van der Waals surface area contributed by atoms with Gasteiger partial charge >= 0.3 is 0 Å². The predicted octanol–water partition coefficient (Wildman–Crippen LogP) is 2.28. The highest BCUT2D eigenvalue weighted by Crippen LogP contribution is 2.07. The van der Waals surface area contributed by atoms with Crippen LogP contribution in [0.5, 0.6) is 0 Å². The van der Waals surface area contributed by atoms with E-state index in [-0.39, 0.29) is 17.8 Å². The summed E-state index contributed by atoms with van der Waals surface area (Å²) >= 11 is 0. The van der Waals surface area contributed by atoms with Gasteiger partial charge in [0.05, 0.1) is 12.2 Å². The van der Waals surface area contributed by atoms with Crippen molar-refractivity contribution >= 4 is 17.2 Å². The fourth-order valence-corrected chi connectivity index (χ4v) is 2.65. The summed E-state index contributed by atoms with van der Waals surface area (Å²) in [4.78, 5) is 33.0. The zero-order valence-corrected chi connectivity index (χ0v) is 15.6. The van der Waals surface area contributed by atoms with E-state index < -0.39 is 5.91 Å². The number of nitrogens with zero attached hydrogens (tertiary/aromatic N) is 4. The second-order valence-corrected chi connectivity index (χ2v) is 5.65. The Morgan fingerprint density at radius 3 is 2.75 bits per heavy atom. The maximum Gasteiger partial charge on any atom is 0.270 e. The van der Waals surface area contributed by atoms with E-state index >= 15 is 0 Å². The maximum atomic E-state index is 12.3. The van der Waals surface area contributed by atoms with Crippen LogP contribution in [-0.2, 0) is 6.54 Å². The molecule has 4 rings (SSSR count). The van der Waals surface area contributed by atoms with Crippen molar-refractivity contribution in [1.29, 1.82) is 0 Å². The zero-order valence-electron chi connectivity index (χ0n) is 15.6. The lowest BCUT2D eigenvalue weighted by atomic mass is 10.3. The van der Waals surface area contributed by atoms with Crippen LogP contribution in [-0.4, -0.2) is 24.7 Å². The Hall–Kier alpha value is -3.92. The van der Waals surface area contributed by atoms with Crippen molar-refractivity contribution in [3.8, 4) is 12.3 Å². The molecule has 0 aliphatic rings. The summed E-state index contributed by atoms with van der Waals surface area (Å²) in [7, 11) is 0. The van der Waals surface area contributed by atoms with Crippen LogP contribution < -0.4 is 10.9 Å². The van der Waals surface area contributed by atoms with Crippen LogP contribution >= 0.6 is 0 Å². The van der Waals surface area contributed by atoms with Crippen LogP contribution in [0.2, 0.25) is 0 Å². The summed E-state index contributed by atoms with van der Waals surface area (Å²) < 4.78 is 3.18. The first-order valence-electron chi connectivity index (χ1n) is 8.85. The van der Waals surface area contributed by atoms with Crippen molar-refractivity contribution < 1.29 is 4.79 Å². The third kappa shape index (κ3) is 3.76. The summed E-state index contributed by atoms with van der Waals surface area (Å²) in [6, 6.07) is 9.98. The van der Waals surface area contributed by atoms with Crippen LogP contribution in [0.25, 0.3) is 11.3 Å². The lowest BCUT2D eigenvalue weighted by Crippen LogP contribution is -2.27. The first-order valence-corrected chi connectivity index (χ1v) is 8.85. The van der Waals surface area contributed by atoms with Crippen molar-refractivity contribution in [2.45, 2.75) is 20.4 Å². The van der Waals surface area contributed by atoms with Crippen LogP contribution in [0.4, 0.5) is 0 Å². The van der Waals surface area contributed by atoms with Crippen LogP contribution in [0.3, 0.4) is 0 Å². The minimum Gasteiger partial charge on any atom is -0.345 e. The predicted molar refractivity (Wildman–Crippen MR) is 107 cm³/mol. The number of terminal acetylenes is 1. The van der Waals surface area contributed by atoms with Gasteiger partial charge < -0.3 is 9.72 Å². The molecule has 7 heteroatoms. The van der Waals surface area contributed by atoms with Crippen LogP contribution in [0.1, 0.15) is 35.6 Å². The Morgan fingerprint density at radius 2 is 1.96 bits per heavy atom. The molecule has 0 radical (unpaired) electrons. The molecule has 0 aliphatic heterocycles. The van der Waals surface area contributed by atoms with Crippen LogP contribution in [0.15, 0.2) is 59.8 Å². The average molecular weight is 373 g/mol. The van der Waals surface area contributed by atoms with Gasteiger partial charge in [0.25, 0.3) is 11.5 Å². The van der Waals surface area contributed by atoms with E-state index in [2.05, 4.69) is 21.2 Å². The lowest BCUT2D eigenvalue weighted by molar-refractivity contribution is 0.0945. The number of hydrogen-bond donors (Lipinski definition) is 1. The maximum absolute atomic E-state index is 12.3. The van der Waals surface area contributed by atoms with Gasteiger partial charge in [-0.3, -0.25) is 14.0 Å².